The molecule has 4 aromatic rings. The van der Waals surface area contributed by atoms with Gasteiger partial charge < -0.3 is 14.6 Å². The lowest BCUT2D eigenvalue weighted by Crippen LogP contribution is -1.94. The molecule has 0 saturated carbocycles. The second-order valence-corrected chi connectivity index (χ2v) is 5.81. The highest BCUT2D eigenvalue weighted by Gasteiger charge is 2.17. The summed E-state index contributed by atoms with van der Waals surface area (Å²) < 4.78 is 10.9. The van der Waals surface area contributed by atoms with Crippen molar-refractivity contribution in [3.05, 3.63) is 42.1 Å². The predicted molar refractivity (Wildman–Crippen MR) is 96.3 cm³/mol. The Balaban J connectivity index is 2.15. The fraction of sp³-hybridized carbons (Fsp3) is 0.158. The zero-order valence-electron chi connectivity index (χ0n) is 14.1. The number of phenols is 1. The third-order valence-electron chi connectivity index (χ3n) is 4.33. The molecule has 0 spiro atoms. The summed E-state index contributed by atoms with van der Waals surface area (Å²) in [4.78, 5) is 4.73. The van der Waals surface area contributed by atoms with Gasteiger partial charge in [0.25, 0.3) is 0 Å². The number of hydrogen-bond acceptors (Lipinski definition) is 5. The molecule has 0 amide bonds. The smallest absolute Gasteiger partial charge is 0.182 e. The van der Waals surface area contributed by atoms with Crippen LogP contribution in [0.4, 0.5) is 0 Å². The van der Waals surface area contributed by atoms with Gasteiger partial charge in [-0.15, -0.1) is 0 Å². The van der Waals surface area contributed by atoms with Crippen LogP contribution in [0.5, 0.6) is 17.2 Å². The largest absolute Gasteiger partial charge is 0.508 e. The van der Waals surface area contributed by atoms with Crippen molar-refractivity contribution in [1.82, 2.24) is 15.2 Å². The topological polar surface area (TPSA) is 80.3 Å². The average molecular weight is 335 g/mol. The summed E-state index contributed by atoms with van der Waals surface area (Å²) in [6.07, 6.45) is 0. The molecule has 0 bridgehead atoms. The Labute approximate surface area is 144 Å². The minimum atomic E-state index is 0.212. The maximum absolute atomic E-state index is 9.57. The van der Waals surface area contributed by atoms with Crippen molar-refractivity contribution >= 4 is 21.8 Å². The lowest BCUT2D eigenvalue weighted by atomic mass is 10.00. The fourth-order valence-corrected chi connectivity index (χ4v) is 3.11. The van der Waals surface area contributed by atoms with Crippen molar-refractivity contribution in [2.45, 2.75) is 6.92 Å². The quantitative estimate of drug-likeness (QED) is 0.595. The molecule has 0 aliphatic rings. The van der Waals surface area contributed by atoms with Crippen LogP contribution in [0.15, 0.2) is 36.4 Å². The number of methoxy groups -OCH3 is 2. The van der Waals surface area contributed by atoms with E-state index in [0.29, 0.717) is 17.1 Å². The molecule has 0 aliphatic heterocycles. The van der Waals surface area contributed by atoms with Crippen molar-refractivity contribution in [2.75, 3.05) is 14.2 Å². The molecule has 0 atom stereocenters. The summed E-state index contributed by atoms with van der Waals surface area (Å²) in [5.41, 5.74) is 3.24. The highest BCUT2D eigenvalue weighted by Crippen LogP contribution is 2.40. The summed E-state index contributed by atoms with van der Waals surface area (Å²) in [7, 11) is 3.23. The van der Waals surface area contributed by atoms with Crippen LogP contribution in [0, 0.1) is 6.92 Å². The zero-order chi connectivity index (χ0) is 17.6. The summed E-state index contributed by atoms with van der Waals surface area (Å²) in [5, 5.41) is 19.7. The number of H-pyrrole nitrogens is 1. The predicted octanol–water partition coefficient (Wildman–Crippen LogP) is 3.81. The Morgan fingerprint density at radius 3 is 2.24 bits per heavy atom. The second kappa shape index (κ2) is 5.66. The molecule has 4 rings (SSSR count). The number of phenolic OH excluding ortho intramolecular Hbond substituents is 1. The number of rotatable bonds is 3. The standard InChI is InChI=1S/C19H17N3O3/c1-10-17-13-8-15(24-2)16(25-3)9-14(13)18(20-19(17)22-21-10)11-4-6-12(23)7-5-11/h4-9,23H,1-3H3,(H,20,21,22). The van der Waals surface area contributed by atoms with Crippen LogP contribution >= 0.6 is 0 Å². The van der Waals surface area contributed by atoms with Gasteiger partial charge in [0.2, 0.25) is 0 Å². The number of aromatic hydroxyl groups is 1. The molecule has 6 heteroatoms. The van der Waals surface area contributed by atoms with Crippen molar-refractivity contribution in [3.63, 3.8) is 0 Å². The first-order valence-corrected chi connectivity index (χ1v) is 7.82. The highest BCUT2D eigenvalue weighted by molar-refractivity contribution is 6.12. The first-order valence-electron chi connectivity index (χ1n) is 7.82. The zero-order valence-corrected chi connectivity index (χ0v) is 14.1. The van der Waals surface area contributed by atoms with Gasteiger partial charge in [-0.05, 0) is 43.3 Å². The van der Waals surface area contributed by atoms with Crippen molar-refractivity contribution in [2.24, 2.45) is 0 Å². The molecule has 0 radical (unpaired) electrons. The number of nitrogens with one attached hydrogen (secondary N) is 1. The normalized spacial score (nSPS) is 11.2. The number of nitrogens with zero attached hydrogens (tertiary/aromatic N) is 2. The molecule has 0 fully saturated rings. The Morgan fingerprint density at radius 1 is 0.960 bits per heavy atom. The van der Waals surface area contributed by atoms with Crippen molar-refractivity contribution < 1.29 is 14.6 Å². The van der Waals surface area contributed by atoms with E-state index in [-0.39, 0.29) is 5.75 Å². The monoisotopic (exact) mass is 335 g/mol. The summed E-state index contributed by atoms with van der Waals surface area (Å²) in [5.74, 6) is 1.50. The third-order valence-corrected chi connectivity index (χ3v) is 4.33. The van der Waals surface area contributed by atoms with Gasteiger partial charge in [0.05, 0.1) is 19.9 Å². The molecule has 2 N–H and O–H groups in total. The molecule has 0 unspecified atom stereocenters. The Morgan fingerprint density at radius 2 is 1.60 bits per heavy atom. The molecule has 0 aliphatic carbocycles. The molecule has 2 aromatic carbocycles. The Bertz CT molecular complexity index is 1080. The molecule has 126 valence electrons. The molecular weight excluding hydrogens is 318 g/mol. The van der Waals surface area contributed by atoms with Crippen LogP contribution in [-0.4, -0.2) is 34.5 Å². The van der Waals surface area contributed by atoms with Crippen LogP contribution in [-0.2, 0) is 0 Å². The molecular formula is C19H17N3O3. The lowest BCUT2D eigenvalue weighted by Gasteiger charge is -2.13. The van der Waals surface area contributed by atoms with Crippen LogP contribution < -0.4 is 9.47 Å². The average Bonchev–Trinajstić information content (AvgIpc) is 3.01. The van der Waals surface area contributed by atoms with Crippen LogP contribution in [0.3, 0.4) is 0 Å². The first-order chi connectivity index (χ1) is 12.1. The third kappa shape index (κ3) is 2.34. The van der Waals surface area contributed by atoms with Gasteiger partial charge in [-0.25, -0.2) is 4.98 Å². The molecule has 6 nitrogen and oxygen atoms in total. The minimum Gasteiger partial charge on any atom is -0.508 e. The Hall–Kier alpha value is -3.28. The van der Waals surface area contributed by atoms with E-state index in [1.807, 2.05) is 31.2 Å². The first kappa shape index (κ1) is 15.3. The van der Waals surface area contributed by atoms with Crippen LogP contribution in [0.1, 0.15) is 5.69 Å². The highest BCUT2D eigenvalue weighted by atomic mass is 16.5. The van der Waals surface area contributed by atoms with E-state index in [0.717, 1.165) is 33.1 Å². The fourth-order valence-electron chi connectivity index (χ4n) is 3.11. The van der Waals surface area contributed by atoms with E-state index < -0.39 is 0 Å². The van der Waals surface area contributed by atoms with Crippen molar-refractivity contribution in [1.29, 1.82) is 0 Å². The molecule has 2 heterocycles. The van der Waals surface area contributed by atoms with E-state index in [1.54, 1.807) is 26.4 Å². The van der Waals surface area contributed by atoms with Gasteiger partial charge in [-0.1, -0.05) is 0 Å². The Kier molecular flexibility index (Phi) is 3.46. The summed E-state index contributed by atoms with van der Waals surface area (Å²) in [6.45, 7) is 1.97. The van der Waals surface area contributed by atoms with Gasteiger partial charge >= 0.3 is 0 Å². The van der Waals surface area contributed by atoms with Crippen molar-refractivity contribution in [3.8, 4) is 28.5 Å². The maximum atomic E-state index is 9.57. The van der Waals surface area contributed by atoms with Crippen LogP contribution in [0.2, 0.25) is 0 Å². The molecule has 2 aromatic heterocycles. The van der Waals surface area contributed by atoms with E-state index in [2.05, 4.69) is 10.2 Å². The number of aryl methyl sites for hydroxylation is 1. The van der Waals surface area contributed by atoms with E-state index in [4.69, 9.17) is 14.5 Å². The number of hydrogen-bond donors (Lipinski definition) is 2. The summed E-state index contributed by atoms with van der Waals surface area (Å²) >= 11 is 0. The minimum absolute atomic E-state index is 0.212. The summed E-state index contributed by atoms with van der Waals surface area (Å²) in [6, 6.07) is 10.8. The lowest BCUT2D eigenvalue weighted by molar-refractivity contribution is 0.356. The van der Waals surface area contributed by atoms with Gasteiger partial charge in [-0.2, -0.15) is 5.10 Å². The van der Waals surface area contributed by atoms with Gasteiger partial charge in [-0.3, -0.25) is 5.10 Å². The van der Waals surface area contributed by atoms with Gasteiger partial charge in [0, 0.05) is 27.4 Å². The number of aromatic amines is 1. The molecule has 25 heavy (non-hydrogen) atoms. The van der Waals surface area contributed by atoms with Gasteiger partial charge in [0.15, 0.2) is 17.1 Å². The number of benzene rings is 2. The maximum Gasteiger partial charge on any atom is 0.182 e. The number of ether oxygens (including phenoxy) is 2. The number of pyridine rings is 1. The van der Waals surface area contributed by atoms with E-state index in [1.165, 1.54) is 0 Å². The number of fused-ring (bicyclic) bond motifs is 3. The van der Waals surface area contributed by atoms with Crippen LogP contribution in [0.25, 0.3) is 33.1 Å². The van der Waals surface area contributed by atoms with Gasteiger partial charge in [0.1, 0.15) is 5.75 Å². The number of aromatic nitrogens is 3. The SMILES string of the molecule is COc1cc2c(-c3ccc(O)cc3)nc3n[nH]c(C)c3c2cc1OC. The second-order valence-electron chi connectivity index (χ2n) is 5.81. The van der Waals surface area contributed by atoms with E-state index in [9.17, 15) is 5.11 Å². The molecule has 0 saturated heterocycles. The van der Waals surface area contributed by atoms with E-state index >= 15 is 0 Å².